The number of nitrogens with one attached hydrogen (secondary N) is 2. The molecule has 3 nitrogen and oxygen atoms in total. The first kappa shape index (κ1) is 15.5. The maximum atomic E-state index is 12.3. The van der Waals surface area contributed by atoms with Crippen LogP contribution in [0.15, 0.2) is 78.9 Å². The van der Waals surface area contributed by atoms with Gasteiger partial charge in [-0.1, -0.05) is 66.7 Å². The van der Waals surface area contributed by atoms with Crippen molar-refractivity contribution in [3.8, 4) is 11.1 Å². The first-order valence-corrected chi connectivity index (χ1v) is 8.58. The van der Waals surface area contributed by atoms with Crippen molar-refractivity contribution in [1.29, 1.82) is 0 Å². The Balaban J connectivity index is 1.36. The lowest BCUT2D eigenvalue weighted by Gasteiger charge is -2.13. The van der Waals surface area contributed by atoms with Crippen LogP contribution >= 0.6 is 0 Å². The summed E-state index contributed by atoms with van der Waals surface area (Å²) in [5.41, 5.74) is 5.77. The van der Waals surface area contributed by atoms with Crippen LogP contribution in [0.5, 0.6) is 0 Å². The molecule has 0 bridgehead atoms. The summed E-state index contributed by atoms with van der Waals surface area (Å²) in [7, 11) is 0. The molecular formula is C22H20N2O. The number of carbonyl (C=O) groups is 1. The molecule has 0 aromatic heterocycles. The third kappa shape index (κ3) is 3.56. The van der Waals surface area contributed by atoms with Gasteiger partial charge in [0.15, 0.2) is 0 Å². The first-order valence-electron chi connectivity index (χ1n) is 8.58. The van der Waals surface area contributed by atoms with Gasteiger partial charge in [-0.2, -0.15) is 0 Å². The van der Waals surface area contributed by atoms with E-state index in [9.17, 15) is 4.79 Å². The highest BCUT2D eigenvalue weighted by molar-refractivity contribution is 5.89. The van der Waals surface area contributed by atoms with E-state index in [1.165, 1.54) is 16.7 Å². The van der Waals surface area contributed by atoms with Crippen LogP contribution < -0.4 is 10.6 Å². The normalized spacial score (nSPS) is 13.3. The highest BCUT2D eigenvalue weighted by Crippen LogP contribution is 2.23. The van der Waals surface area contributed by atoms with Gasteiger partial charge in [-0.15, -0.1) is 0 Å². The highest BCUT2D eigenvalue weighted by atomic mass is 16.2. The fourth-order valence-electron chi connectivity index (χ4n) is 3.39. The lowest BCUT2D eigenvalue weighted by Crippen LogP contribution is -2.38. The fraction of sp³-hybridized carbons (Fsp3) is 0.136. The summed E-state index contributed by atoms with van der Waals surface area (Å²) in [6, 6.07) is 26.5. The van der Waals surface area contributed by atoms with E-state index in [0.29, 0.717) is 0 Å². The summed E-state index contributed by atoms with van der Waals surface area (Å²) < 4.78 is 0. The largest absolute Gasteiger partial charge is 0.334 e. The van der Waals surface area contributed by atoms with Gasteiger partial charge >= 0.3 is 6.03 Å². The molecule has 0 radical (unpaired) electrons. The van der Waals surface area contributed by atoms with Gasteiger partial charge in [0.25, 0.3) is 0 Å². The van der Waals surface area contributed by atoms with Crippen LogP contribution in [-0.4, -0.2) is 12.1 Å². The average Bonchev–Trinajstić information content (AvgIpc) is 3.05. The number of hydrogen-bond acceptors (Lipinski definition) is 1. The van der Waals surface area contributed by atoms with Crippen molar-refractivity contribution in [3.05, 3.63) is 90.0 Å². The monoisotopic (exact) mass is 328 g/mol. The molecule has 3 heteroatoms. The minimum absolute atomic E-state index is 0.148. The molecule has 4 rings (SSSR count). The molecule has 0 saturated heterocycles. The van der Waals surface area contributed by atoms with E-state index >= 15 is 0 Å². The van der Waals surface area contributed by atoms with E-state index in [2.05, 4.69) is 47.0 Å². The highest BCUT2D eigenvalue weighted by Gasteiger charge is 2.22. The zero-order valence-electron chi connectivity index (χ0n) is 13.9. The van der Waals surface area contributed by atoms with Crippen molar-refractivity contribution in [2.45, 2.75) is 18.9 Å². The van der Waals surface area contributed by atoms with E-state index in [4.69, 9.17) is 0 Å². The van der Waals surface area contributed by atoms with Gasteiger partial charge in [-0.25, -0.2) is 4.79 Å². The van der Waals surface area contributed by atoms with E-state index in [0.717, 1.165) is 24.1 Å². The first-order chi connectivity index (χ1) is 12.3. The summed E-state index contributed by atoms with van der Waals surface area (Å²) >= 11 is 0. The van der Waals surface area contributed by atoms with Gasteiger partial charge in [0, 0.05) is 11.7 Å². The average molecular weight is 328 g/mol. The van der Waals surface area contributed by atoms with Crippen molar-refractivity contribution >= 4 is 11.7 Å². The Morgan fingerprint density at radius 3 is 1.92 bits per heavy atom. The van der Waals surface area contributed by atoms with Gasteiger partial charge < -0.3 is 10.6 Å². The summed E-state index contributed by atoms with van der Waals surface area (Å²) in [4.78, 5) is 12.3. The van der Waals surface area contributed by atoms with Crippen LogP contribution in [0.2, 0.25) is 0 Å². The molecule has 3 aromatic rings. The fourth-order valence-corrected chi connectivity index (χ4v) is 3.39. The van der Waals surface area contributed by atoms with Crippen LogP contribution in [0.3, 0.4) is 0 Å². The third-order valence-corrected chi connectivity index (χ3v) is 4.64. The topological polar surface area (TPSA) is 41.1 Å². The van der Waals surface area contributed by atoms with Crippen LogP contribution in [0.1, 0.15) is 11.1 Å². The zero-order valence-corrected chi connectivity index (χ0v) is 13.9. The van der Waals surface area contributed by atoms with Crippen LogP contribution in [0.25, 0.3) is 11.1 Å². The Bertz CT molecular complexity index is 847. The molecule has 0 fully saturated rings. The van der Waals surface area contributed by atoms with E-state index in [1.807, 2.05) is 42.5 Å². The second-order valence-corrected chi connectivity index (χ2v) is 6.42. The number of urea groups is 1. The number of amides is 2. The smallest absolute Gasteiger partial charge is 0.319 e. The second kappa shape index (κ2) is 6.81. The van der Waals surface area contributed by atoms with Crippen LogP contribution in [-0.2, 0) is 12.8 Å². The molecule has 0 atom stereocenters. The minimum Gasteiger partial charge on any atom is -0.334 e. The summed E-state index contributed by atoms with van der Waals surface area (Å²) in [6.45, 7) is 0. The quantitative estimate of drug-likeness (QED) is 0.722. The number of hydrogen-bond donors (Lipinski definition) is 2. The van der Waals surface area contributed by atoms with Crippen molar-refractivity contribution in [1.82, 2.24) is 5.32 Å². The zero-order chi connectivity index (χ0) is 17.1. The lowest BCUT2D eigenvalue weighted by atomic mass is 10.1. The number of benzene rings is 3. The molecule has 0 aliphatic heterocycles. The van der Waals surface area contributed by atoms with Gasteiger partial charge in [0.1, 0.15) is 0 Å². The second-order valence-electron chi connectivity index (χ2n) is 6.42. The standard InChI is InChI=1S/C22H20N2O/c25-22(24-21-14-18-8-4-5-9-19(18)15-21)23-20-12-10-17(11-13-20)16-6-2-1-3-7-16/h1-13,21H,14-15H2,(H2,23,24,25). The lowest BCUT2D eigenvalue weighted by molar-refractivity contribution is 0.249. The SMILES string of the molecule is O=C(Nc1ccc(-c2ccccc2)cc1)NC1Cc2ccccc2C1. The molecule has 2 amide bonds. The van der Waals surface area contributed by atoms with Gasteiger partial charge in [0.2, 0.25) is 0 Å². The summed E-state index contributed by atoms with van der Waals surface area (Å²) in [6.07, 6.45) is 1.80. The number of anilines is 1. The number of fused-ring (bicyclic) bond motifs is 1. The Kier molecular flexibility index (Phi) is 4.21. The van der Waals surface area contributed by atoms with E-state index < -0.39 is 0 Å². The molecule has 0 unspecified atom stereocenters. The molecule has 1 aliphatic rings. The van der Waals surface area contributed by atoms with Crippen molar-refractivity contribution in [3.63, 3.8) is 0 Å². The molecule has 2 N–H and O–H groups in total. The predicted octanol–water partition coefficient (Wildman–Crippen LogP) is 4.64. The van der Waals surface area contributed by atoms with Crippen LogP contribution in [0.4, 0.5) is 10.5 Å². The van der Waals surface area contributed by atoms with Crippen LogP contribution in [0, 0.1) is 0 Å². The van der Waals surface area contributed by atoms with E-state index in [1.54, 1.807) is 0 Å². The third-order valence-electron chi connectivity index (χ3n) is 4.64. The Hall–Kier alpha value is -3.07. The molecule has 25 heavy (non-hydrogen) atoms. The van der Waals surface area contributed by atoms with Gasteiger partial charge in [-0.05, 0) is 47.2 Å². The molecule has 3 aromatic carbocycles. The minimum atomic E-state index is -0.148. The summed E-state index contributed by atoms with van der Waals surface area (Å²) in [5, 5.41) is 5.99. The predicted molar refractivity (Wildman–Crippen MR) is 102 cm³/mol. The molecule has 0 spiro atoms. The van der Waals surface area contributed by atoms with Crippen molar-refractivity contribution < 1.29 is 4.79 Å². The Morgan fingerprint density at radius 1 is 0.720 bits per heavy atom. The molecular weight excluding hydrogens is 308 g/mol. The van der Waals surface area contributed by atoms with Crippen molar-refractivity contribution in [2.24, 2.45) is 0 Å². The molecule has 0 heterocycles. The Labute approximate surface area is 147 Å². The molecule has 1 aliphatic carbocycles. The molecule has 0 saturated carbocycles. The number of carbonyl (C=O) groups excluding carboxylic acids is 1. The molecule has 124 valence electrons. The maximum absolute atomic E-state index is 12.3. The summed E-state index contributed by atoms with van der Waals surface area (Å²) in [5.74, 6) is 0. The van der Waals surface area contributed by atoms with Gasteiger partial charge in [0.05, 0.1) is 0 Å². The van der Waals surface area contributed by atoms with Gasteiger partial charge in [-0.3, -0.25) is 0 Å². The Morgan fingerprint density at radius 2 is 1.28 bits per heavy atom. The number of rotatable bonds is 3. The maximum Gasteiger partial charge on any atom is 0.319 e. The van der Waals surface area contributed by atoms with Crippen molar-refractivity contribution in [2.75, 3.05) is 5.32 Å². The van der Waals surface area contributed by atoms with E-state index in [-0.39, 0.29) is 12.1 Å².